The number of aromatic nitrogens is 7. The number of nitrogens with zero attached hydrogens (tertiary/aromatic N) is 7. The number of aromatic amines is 1. The maximum atomic E-state index is 4.96. The molecule has 8 heteroatoms. The van der Waals surface area contributed by atoms with E-state index in [9.17, 15) is 0 Å². The van der Waals surface area contributed by atoms with Crippen LogP contribution in [-0.4, -0.2) is 52.7 Å². The zero-order valence-electron chi connectivity index (χ0n) is 21.7. The summed E-state index contributed by atoms with van der Waals surface area (Å²) in [6.45, 7) is 7.57. The van der Waals surface area contributed by atoms with Crippen LogP contribution in [0, 0.1) is 6.92 Å². The number of likely N-dealkylation sites (N-methyl/N-ethyl adjacent to an activating group) is 1. The van der Waals surface area contributed by atoms with Gasteiger partial charge in [-0.15, -0.1) is 0 Å². The van der Waals surface area contributed by atoms with Crippen molar-refractivity contribution in [1.82, 2.24) is 39.6 Å². The molecule has 0 radical (unpaired) electrons. The van der Waals surface area contributed by atoms with Gasteiger partial charge in [-0.1, -0.05) is 13.0 Å². The Morgan fingerprint density at radius 1 is 1.05 bits per heavy atom. The molecule has 1 saturated carbocycles. The van der Waals surface area contributed by atoms with Crippen molar-refractivity contribution in [2.75, 3.05) is 13.1 Å². The van der Waals surface area contributed by atoms with Crippen LogP contribution in [0.1, 0.15) is 59.6 Å². The highest BCUT2D eigenvalue weighted by atomic mass is 15.3. The van der Waals surface area contributed by atoms with E-state index in [2.05, 4.69) is 70.0 Å². The van der Waals surface area contributed by atoms with Gasteiger partial charge in [-0.25, -0.2) is 9.67 Å². The normalized spacial score (nSPS) is 16.0. The molecule has 1 N–H and O–H groups in total. The summed E-state index contributed by atoms with van der Waals surface area (Å²) >= 11 is 0. The summed E-state index contributed by atoms with van der Waals surface area (Å²) in [7, 11) is 1.99. The molecule has 1 aliphatic heterocycles. The lowest BCUT2D eigenvalue weighted by molar-refractivity contribution is 0.266. The maximum Gasteiger partial charge on any atom is 0.181 e. The van der Waals surface area contributed by atoms with E-state index in [4.69, 9.17) is 15.2 Å². The second-order valence-corrected chi connectivity index (χ2v) is 10.5. The highest BCUT2D eigenvalue weighted by Crippen LogP contribution is 2.45. The summed E-state index contributed by atoms with van der Waals surface area (Å²) in [5, 5.41) is 18.4. The van der Waals surface area contributed by atoms with Crippen molar-refractivity contribution in [3.05, 3.63) is 76.5 Å². The Bertz CT molecular complexity index is 1600. The zero-order chi connectivity index (χ0) is 25.1. The van der Waals surface area contributed by atoms with E-state index in [1.54, 1.807) is 0 Å². The Morgan fingerprint density at radius 2 is 1.89 bits per heavy atom. The molecule has 2 aliphatic rings. The number of aryl methyl sites for hydroxylation is 1. The highest BCUT2D eigenvalue weighted by Gasteiger charge is 2.29. The Kier molecular flexibility index (Phi) is 5.25. The SMILES string of the molecule is CCN1CCc2nn(-c3ccc(-c4nc(Cc5ccc6[nH]ncc6c5C5CC5)n(C)n4)cc3)c(C)c2C1. The van der Waals surface area contributed by atoms with Crippen LogP contribution < -0.4 is 0 Å². The van der Waals surface area contributed by atoms with Crippen LogP contribution in [0.2, 0.25) is 0 Å². The molecule has 0 spiro atoms. The fourth-order valence-corrected chi connectivity index (χ4v) is 5.80. The van der Waals surface area contributed by atoms with Crippen molar-refractivity contribution in [3.63, 3.8) is 0 Å². The number of nitrogens with one attached hydrogen (secondary N) is 1. The van der Waals surface area contributed by atoms with Gasteiger partial charge in [0.25, 0.3) is 0 Å². The molecule has 0 unspecified atom stereocenters. The lowest BCUT2D eigenvalue weighted by Crippen LogP contribution is -2.30. The predicted molar refractivity (Wildman–Crippen MR) is 144 cm³/mol. The lowest BCUT2D eigenvalue weighted by atomic mass is 9.97. The molecule has 0 saturated heterocycles. The second-order valence-electron chi connectivity index (χ2n) is 10.5. The largest absolute Gasteiger partial charge is 0.299 e. The Labute approximate surface area is 216 Å². The molecule has 5 aromatic rings. The fraction of sp³-hybridized carbons (Fsp3) is 0.379. The van der Waals surface area contributed by atoms with E-state index in [0.717, 1.165) is 60.9 Å². The van der Waals surface area contributed by atoms with Crippen LogP contribution in [-0.2, 0) is 26.4 Å². The minimum atomic E-state index is 0.637. The van der Waals surface area contributed by atoms with Crippen molar-refractivity contribution >= 4 is 10.9 Å². The van der Waals surface area contributed by atoms with Crippen LogP contribution in [0.5, 0.6) is 0 Å². The number of benzene rings is 2. The third-order valence-corrected chi connectivity index (χ3v) is 8.13. The summed E-state index contributed by atoms with van der Waals surface area (Å²) in [6.07, 6.45) is 6.26. The average molecular weight is 493 g/mol. The van der Waals surface area contributed by atoms with Gasteiger partial charge in [0.05, 0.1) is 23.1 Å². The van der Waals surface area contributed by atoms with E-state index < -0.39 is 0 Å². The minimum Gasteiger partial charge on any atom is -0.299 e. The Hall–Kier alpha value is -3.78. The molecule has 2 aromatic carbocycles. The van der Waals surface area contributed by atoms with Crippen LogP contribution in [0.15, 0.2) is 42.6 Å². The minimum absolute atomic E-state index is 0.637. The topological polar surface area (TPSA) is 80.5 Å². The van der Waals surface area contributed by atoms with Crippen LogP contribution in [0.3, 0.4) is 0 Å². The van der Waals surface area contributed by atoms with E-state index >= 15 is 0 Å². The first kappa shape index (κ1) is 22.4. The van der Waals surface area contributed by atoms with Crippen molar-refractivity contribution in [2.24, 2.45) is 7.05 Å². The van der Waals surface area contributed by atoms with E-state index in [1.165, 1.54) is 46.3 Å². The predicted octanol–water partition coefficient (Wildman–Crippen LogP) is 4.70. The van der Waals surface area contributed by atoms with Crippen molar-refractivity contribution < 1.29 is 0 Å². The Balaban J connectivity index is 1.16. The second kappa shape index (κ2) is 8.66. The van der Waals surface area contributed by atoms with E-state index in [-0.39, 0.29) is 0 Å². The van der Waals surface area contributed by atoms with Crippen molar-refractivity contribution in [2.45, 2.75) is 52.0 Å². The van der Waals surface area contributed by atoms with Gasteiger partial charge in [0.2, 0.25) is 0 Å². The molecular formula is C29H32N8. The molecule has 0 amide bonds. The van der Waals surface area contributed by atoms with Gasteiger partial charge in [0, 0.05) is 55.2 Å². The molecule has 188 valence electrons. The molecule has 7 rings (SSSR count). The van der Waals surface area contributed by atoms with Crippen molar-refractivity contribution in [3.8, 4) is 17.1 Å². The molecular weight excluding hydrogens is 460 g/mol. The molecule has 1 fully saturated rings. The first-order chi connectivity index (χ1) is 18.1. The maximum absolute atomic E-state index is 4.96. The van der Waals surface area contributed by atoms with Gasteiger partial charge < -0.3 is 0 Å². The third-order valence-electron chi connectivity index (χ3n) is 8.13. The first-order valence-electron chi connectivity index (χ1n) is 13.3. The molecule has 8 nitrogen and oxygen atoms in total. The highest BCUT2D eigenvalue weighted by molar-refractivity contribution is 5.84. The number of rotatable bonds is 6. The first-order valence-corrected chi connectivity index (χ1v) is 13.3. The van der Waals surface area contributed by atoms with E-state index in [1.807, 2.05) is 17.9 Å². The summed E-state index contributed by atoms with van der Waals surface area (Å²) < 4.78 is 4.01. The molecule has 0 bridgehead atoms. The van der Waals surface area contributed by atoms with Crippen LogP contribution in [0.4, 0.5) is 0 Å². The summed E-state index contributed by atoms with van der Waals surface area (Å²) in [5.41, 5.74) is 9.82. The van der Waals surface area contributed by atoms with Crippen LogP contribution >= 0.6 is 0 Å². The lowest BCUT2D eigenvalue weighted by Gasteiger charge is -2.24. The quantitative estimate of drug-likeness (QED) is 0.372. The summed E-state index contributed by atoms with van der Waals surface area (Å²) in [6, 6.07) is 12.8. The van der Waals surface area contributed by atoms with Gasteiger partial charge in [-0.05, 0) is 73.7 Å². The van der Waals surface area contributed by atoms with Gasteiger partial charge in [-0.3, -0.25) is 14.7 Å². The molecule has 4 heterocycles. The van der Waals surface area contributed by atoms with E-state index in [0.29, 0.717) is 5.92 Å². The molecule has 37 heavy (non-hydrogen) atoms. The molecule has 3 aromatic heterocycles. The number of hydrogen-bond acceptors (Lipinski definition) is 5. The third kappa shape index (κ3) is 3.87. The number of hydrogen-bond donors (Lipinski definition) is 1. The molecule has 0 atom stereocenters. The number of H-pyrrole nitrogens is 1. The van der Waals surface area contributed by atoms with Gasteiger partial charge in [0.15, 0.2) is 5.82 Å². The van der Waals surface area contributed by atoms with Gasteiger partial charge >= 0.3 is 0 Å². The van der Waals surface area contributed by atoms with Gasteiger partial charge in [0.1, 0.15) is 5.82 Å². The Morgan fingerprint density at radius 3 is 2.68 bits per heavy atom. The zero-order valence-corrected chi connectivity index (χ0v) is 21.7. The van der Waals surface area contributed by atoms with Crippen molar-refractivity contribution in [1.29, 1.82) is 0 Å². The summed E-state index contributed by atoms with van der Waals surface area (Å²) in [5.74, 6) is 2.37. The van der Waals surface area contributed by atoms with Gasteiger partial charge in [-0.2, -0.15) is 15.3 Å². The summed E-state index contributed by atoms with van der Waals surface area (Å²) in [4.78, 5) is 7.44. The molecule has 1 aliphatic carbocycles. The number of fused-ring (bicyclic) bond motifs is 2. The fourth-order valence-electron chi connectivity index (χ4n) is 5.80. The smallest absolute Gasteiger partial charge is 0.181 e. The standard InChI is InChI=1S/C29H32N8/c1-4-36-14-13-26-24(17-36)18(2)37(33-26)22-10-7-20(8-11-22)29-31-27(35(3)34-29)15-21-9-12-25-23(16-30-32-25)28(21)19-5-6-19/h7-12,16,19H,4-6,13-15,17H2,1-3H3,(H,30,32). The monoisotopic (exact) mass is 492 g/mol. The van der Waals surface area contributed by atoms with Crippen LogP contribution in [0.25, 0.3) is 28.0 Å². The average Bonchev–Trinajstić information content (AvgIpc) is 3.39.